The molecule has 0 atom stereocenters. The molecule has 2 aromatic carbocycles. The summed E-state index contributed by atoms with van der Waals surface area (Å²) in [5, 5.41) is 6.57. The Kier molecular flexibility index (Phi) is 7.26. The van der Waals surface area contributed by atoms with Crippen LogP contribution in [0.25, 0.3) is 11.3 Å². The normalized spacial score (nSPS) is 10.4. The van der Waals surface area contributed by atoms with Crippen molar-refractivity contribution >= 4 is 17.6 Å². The Morgan fingerprint density at radius 2 is 1.74 bits per heavy atom. The van der Waals surface area contributed by atoms with Crippen LogP contribution in [0.1, 0.15) is 40.6 Å². The molecule has 8 nitrogen and oxygen atoms in total. The van der Waals surface area contributed by atoms with Crippen LogP contribution < -0.4 is 14.8 Å². The van der Waals surface area contributed by atoms with E-state index in [1.54, 1.807) is 49.6 Å². The van der Waals surface area contributed by atoms with Gasteiger partial charge in [0.2, 0.25) is 0 Å². The van der Waals surface area contributed by atoms with Gasteiger partial charge in [0.25, 0.3) is 5.91 Å². The number of methoxy groups -OCH3 is 2. The predicted octanol–water partition coefficient (Wildman–Crippen LogP) is 4.57. The number of hydrogen-bond donors (Lipinski definition) is 1. The molecule has 0 radical (unpaired) electrons. The van der Waals surface area contributed by atoms with Crippen LogP contribution in [-0.4, -0.2) is 37.9 Å². The highest BCUT2D eigenvalue weighted by Crippen LogP contribution is 2.32. The van der Waals surface area contributed by atoms with E-state index in [2.05, 4.69) is 10.5 Å². The molecule has 0 saturated carbocycles. The molecule has 0 unspecified atom stereocenters. The molecule has 0 fully saturated rings. The Morgan fingerprint density at radius 1 is 1.00 bits per heavy atom. The first-order valence-corrected chi connectivity index (χ1v) is 9.83. The van der Waals surface area contributed by atoms with Crippen molar-refractivity contribution in [3.63, 3.8) is 0 Å². The molecule has 31 heavy (non-hydrogen) atoms. The Labute approximate surface area is 180 Å². The van der Waals surface area contributed by atoms with Gasteiger partial charge in [0.1, 0.15) is 0 Å². The Hall–Kier alpha value is -3.81. The zero-order valence-electron chi connectivity index (χ0n) is 17.6. The van der Waals surface area contributed by atoms with Gasteiger partial charge in [0.15, 0.2) is 23.0 Å². The van der Waals surface area contributed by atoms with Crippen molar-refractivity contribution in [2.75, 3.05) is 26.1 Å². The summed E-state index contributed by atoms with van der Waals surface area (Å²) in [6.07, 6.45) is 1.77. The van der Waals surface area contributed by atoms with Crippen molar-refractivity contribution in [3.05, 3.63) is 59.8 Å². The SMILES string of the molecule is CCCCOC(=O)c1ccc(NC(=O)c2cc(-c3ccc(OC)c(OC)c3)on2)cc1. The van der Waals surface area contributed by atoms with Crippen molar-refractivity contribution in [2.45, 2.75) is 19.8 Å². The number of nitrogens with one attached hydrogen (secondary N) is 1. The molecule has 8 heteroatoms. The van der Waals surface area contributed by atoms with Gasteiger partial charge in [-0.05, 0) is 48.9 Å². The molecule has 0 saturated heterocycles. The molecule has 1 amide bonds. The van der Waals surface area contributed by atoms with E-state index in [4.69, 9.17) is 18.7 Å². The fourth-order valence-corrected chi connectivity index (χ4v) is 2.79. The lowest BCUT2D eigenvalue weighted by atomic mass is 10.1. The largest absolute Gasteiger partial charge is 0.493 e. The first-order valence-electron chi connectivity index (χ1n) is 9.83. The minimum Gasteiger partial charge on any atom is -0.493 e. The fourth-order valence-electron chi connectivity index (χ4n) is 2.79. The third-order valence-electron chi connectivity index (χ3n) is 4.52. The highest BCUT2D eigenvalue weighted by Gasteiger charge is 2.16. The minimum atomic E-state index is -0.436. The number of ether oxygens (including phenoxy) is 3. The van der Waals surface area contributed by atoms with Gasteiger partial charge in [-0.2, -0.15) is 0 Å². The third-order valence-corrected chi connectivity index (χ3v) is 4.52. The second-order valence-electron chi connectivity index (χ2n) is 6.67. The van der Waals surface area contributed by atoms with Crippen LogP contribution >= 0.6 is 0 Å². The summed E-state index contributed by atoms with van der Waals surface area (Å²) in [6, 6.07) is 13.2. The zero-order valence-corrected chi connectivity index (χ0v) is 17.6. The lowest BCUT2D eigenvalue weighted by Gasteiger charge is -2.07. The van der Waals surface area contributed by atoms with Crippen LogP contribution in [0, 0.1) is 0 Å². The summed E-state index contributed by atoms with van der Waals surface area (Å²) in [6.45, 7) is 2.42. The van der Waals surface area contributed by atoms with Crippen LogP contribution in [0.3, 0.4) is 0 Å². The minimum absolute atomic E-state index is 0.118. The predicted molar refractivity (Wildman–Crippen MR) is 115 cm³/mol. The smallest absolute Gasteiger partial charge is 0.338 e. The molecule has 1 N–H and O–H groups in total. The molecule has 0 aliphatic rings. The van der Waals surface area contributed by atoms with Crippen LogP contribution in [-0.2, 0) is 4.74 Å². The second kappa shape index (κ2) is 10.3. The van der Waals surface area contributed by atoms with Gasteiger partial charge in [-0.3, -0.25) is 4.79 Å². The Balaban J connectivity index is 1.65. The van der Waals surface area contributed by atoms with Crippen molar-refractivity contribution in [2.24, 2.45) is 0 Å². The average Bonchev–Trinajstić information content (AvgIpc) is 3.29. The quantitative estimate of drug-likeness (QED) is 0.397. The monoisotopic (exact) mass is 424 g/mol. The molecule has 3 aromatic rings. The van der Waals surface area contributed by atoms with E-state index < -0.39 is 5.91 Å². The highest BCUT2D eigenvalue weighted by molar-refractivity contribution is 6.03. The zero-order chi connectivity index (χ0) is 22.2. The molecule has 1 aromatic heterocycles. The molecular weight excluding hydrogens is 400 g/mol. The number of esters is 1. The summed E-state index contributed by atoms with van der Waals surface area (Å²) in [5.41, 5.74) is 1.75. The van der Waals surface area contributed by atoms with Gasteiger partial charge >= 0.3 is 5.97 Å². The molecule has 0 aliphatic heterocycles. The highest BCUT2D eigenvalue weighted by atomic mass is 16.5. The van der Waals surface area contributed by atoms with Crippen molar-refractivity contribution in [1.82, 2.24) is 5.16 Å². The lowest BCUT2D eigenvalue weighted by molar-refractivity contribution is 0.0499. The maximum atomic E-state index is 12.5. The Bertz CT molecular complexity index is 1040. The summed E-state index contributed by atoms with van der Waals surface area (Å²) in [5.74, 6) is 0.713. The summed E-state index contributed by atoms with van der Waals surface area (Å²) < 4.78 is 21.0. The van der Waals surface area contributed by atoms with Gasteiger partial charge in [-0.25, -0.2) is 4.79 Å². The van der Waals surface area contributed by atoms with Crippen LogP contribution in [0.2, 0.25) is 0 Å². The number of rotatable bonds is 9. The fraction of sp³-hybridized carbons (Fsp3) is 0.261. The van der Waals surface area contributed by atoms with Gasteiger partial charge in [0, 0.05) is 17.3 Å². The standard InChI is InChI=1S/C23H24N2O6/c1-4-5-12-30-23(27)15-6-9-17(10-7-15)24-22(26)18-14-20(31-25-18)16-8-11-19(28-2)21(13-16)29-3/h6-11,13-14H,4-5,12H2,1-3H3,(H,24,26). The number of benzene rings is 2. The maximum Gasteiger partial charge on any atom is 0.338 e. The number of carbonyl (C=O) groups excluding carboxylic acids is 2. The number of anilines is 1. The van der Waals surface area contributed by atoms with Crippen LogP contribution in [0.4, 0.5) is 5.69 Å². The third kappa shape index (κ3) is 5.42. The first-order chi connectivity index (χ1) is 15.0. The van der Waals surface area contributed by atoms with Gasteiger partial charge in [-0.1, -0.05) is 18.5 Å². The molecule has 1 heterocycles. The molecular formula is C23H24N2O6. The van der Waals surface area contributed by atoms with E-state index in [1.165, 1.54) is 13.2 Å². The van der Waals surface area contributed by atoms with E-state index in [0.717, 1.165) is 12.8 Å². The average molecular weight is 424 g/mol. The first kappa shape index (κ1) is 21.9. The van der Waals surface area contributed by atoms with E-state index in [-0.39, 0.29) is 11.7 Å². The molecule has 0 spiro atoms. The molecule has 3 rings (SSSR count). The second-order valence-corrected chi connectivity index (χ2v) is 6.67. The van der Waals surface area contributed by atoms with Crippen LogP contribution in [0.15, 0.2) is 53.1 Å². The number of carbonyl (C=O) groups is 2. The maximum absolute atomic E-state index is 12.5. The van der Waals surface area contributed by atoms with Crippen molar-refractivity contribution in [1.29, 1.82) is 0 Å². The number of aromatic nitrogens is 1. The summed E-state index contributed by atoms with van der Waals surface area (Å²) in [4.78, 5) is 24.5. The van der Waals surface area contributed by atoms with Crippen molar-refractivity contribution in [3.8, 4) is 22.8 Å². The summed E-state index contributed by atoms with van der Waals surface area (Å²) >= 11 is 0. The van der Waals surface area contributed by atoms with Gasteiger partial charge in [0.05, 0.1) is 26.4 Å². The lowest BCUT2D eigenvalue weighted by Crippen LogP contribution is -2.12. The van der Waals surface area contributed by atoms with Crippen LogP contribution in [0.5, 0.6) is 11.5 Å². The van der Waals surface area contributed by atoms with Gasteiger partial charge < -0.3 is 24.1 Å². The van der Waals surface area contributed by atoms with E-state index in [0.29, 0.717) is 40.7 Å². The number of nitrogens with zero attached hydrogens (tertiary/aromatic N) is 1. The molecule has 0 bridgehead atoms. The van der Waals surface area contributed by atoms with E-state index in [1.807, 2.05) is 6.92 Å². The van der Waals surface area contributed by atoms with E-state index >= 15 is 0 Å². The number of hydrogen-bond acceptors (Lipinski definition) is 7. The Morgan fingerprint density at radius 3 is 2.42 bits per heavy atom. The van der Waals surface area contributed by atoms with E-state index in [9.17, 15) is 9.59 Å². The molecule has 162 valence electrons. The summed E-state index contributed by atoms with van der Waals surface area (Å²) in [7, 11) is 3.09. The molecule has 0 aliphatic carbocycles. The topological polar surface area (TPSA) is 99.9 Å². The van der Waals surface area contributed by atoms with Gasteiger partial charge in [-0.15, -0.1) is 0 Å². The number of amides is 1. The number of unbranched alkanes of at least 4 members (excludes halogenated alkanes) is 1. The van der Waals surface area contributed by atoms with Crippen molar-refractivity contribution < 1.29 is 28.3 Å².